The number of hydrogen-bond acceptors (Lipinski definition) is 6. The lowest BCUT2D eigenvalue weighted by Gasteiger charge is -2.31. The number of amides is 4. The molecule has 0 unspecified atom stereocenters. The minimum Gasteiger partial charge on any atom is -0.338 e. The van der Waals surface area contributed by atoms with Gasteiger partial charge in [0, 0.05) is 60.8 Å². The molecule has 2 aromatic rings. The van der Waals surface area contributed by atoms with Crippen molar-refractivity contribution in [2.45, 2.75) is 152 Å². The molecule has 2 aromatic carbocycles. The van der Waals surface area contributed by atoms with Crippen molar-refractivity contribution >= 4 is 33.7 Å². The highest BCUT2D eigenvalue weighted by Crippen LogP contribution is 2.54. The van der Waals surface area contributed by atoms with Crippen LogP contribution in [-0.4, -0.2) is 71.6 Å². The molecular formula is C46H68N6O2S2. The number of benzene rings is 2. The molecule has 4 heterocycles. The first-order valence-electron chi connectivity index (χ1n) is 22.6. The lowest BCUT2D eigenvalue weighted by molar-refractivity contribution is 0.185. The first-order valence-corrected chi connectivity index (χ1v) is 25.1. The molecule has 10 heteroatoms. The van der Waals surface area contributed by atoms with Crippen LogP contribution in [0.1, 0.15) is 162 Å². The van der Waals surface area contributed by atoms with E-state index in [9.17, 15) is 9.59 Å². The standard InChI is InChI=1S/C46H68N6O2S2/c53-45(49-35-17-13-33(14-18-35)25-29-51-41-21-22-42(51)38-10-2-1-9-37(38)41)47-27-5-7-31-55-56-32-8-6-28-48-46(54)50-36-19-15-34(16-20-36)26-30-52-43-23-24-44(52)40-12-4-3-11-39(40)43/h1-4,9-12,33-36,41-44H,5-8,13-32H2,(H2,47,49,53)(H2,48,50,54)/t33?,34?,35?,36?,41-,42+,43-,44+. The molecule has 4 fully saturated rings. The topological polar surface area (TPSA) is 88.7 Å². The van der Waals surface area contributed by atoms with E-state index in [-0.39, 0.29) is 12.1 Å². The largest absolute Gasteiger partial charge is 0.338 e. The van der Waals surface area contributed by atoms with Gasteiger partial charge in [-0.05, 0) is 163 Å². The van der Waals surface area contributed by atoms with E-state index >= 15 is 0 Å². The number of carbonyl (C=O) groups is 2. The molecular weight excluding hydrogens is 733 g/mol. The van der Waals surface area contributed by atoms with Gasteiger partial charge in [-0.15, -0.1) is 0 Å². The Morgan fingerprint density at radius 2 is 0.857 bits per heavy atom. The summed E-state index contributed by atoms with van der Waals surface area (Å²) in [4.78, 5) is 30.6. The molecule has 0 aromatic heterocycles. The summed E-state index contributed by atoms with van der Waals surface area (Å²) in [6.45, 7) is 3.94. The van der Waals surface area contributed by atoms with Gasteiger partial charge in [0.05, 0.1) is 0 Å². The highest BCUT2D eigenvalue weighted by atomic mass is 33.1. The molecule has 0 spiro atoms. The quantitative estimate of drug-likeness (QED) is 0.0836. The summed E-state index contributed by atoms with van der Waals surface area (Å²) in [7, 11) is 3.87. The fraction of sp³-hybridized carbons (Fsp3) is 0.696. The van der Waals surface area contributed by atoms with Crippen LogP contribution in [0, 0.1) is 11.8 Å². The zero-order valence-corrected chi connectivity index (χ0v) is 35.4. The summed E-state index contributed by atoms with van der Waals surface area (Å²) in [5.74, 6) is 3.81. The normalized spacial score (nSPS) is 29.2. The maximum atomic E-state index is 12.5. The van der Waals surface area contributed by atoms with Crippen molar-refractivity contribution in [1.82, 2.24) is 31.1 Å². The Morgan fingerprint density at radius 1 is 0.500 bits per heavy atom. The Balaban J connectivity index is 0.570. The van der Waals surface area contributed by atoms with Crippen molar-refractivity contribution in [2.24, 2.45) is 11.8 Å². The molecule has 2 saturated heterocycles. The minimum atomic E-state index is 0.0123. The average Bonchev–Trinajstić information content (AvgIpc) is 3.99. The molecule has 0 radical (unpaired) electrons. The van der Waals surface area contributed by atoms with Gasteiger partial charge >= 0.3 is 12.1 Å². The lowest BCUT2D eigenvalue weighted by atomic mass is 9.84. The number of hydrogen-bond donors (Lipinski definition) is 4. The van der Waals surface area contributed by atoms with Gasteiger partial charge in [0.1, 0.15) is 0 Å². The van der Waals surface area contributed by atoms with Crippen molar-refractivity contribution < 1.29 is 9.59 Å². The van der Waals surface area contributed by atoms with Gasteiger partial charge in [-0.3, -0.25) is 9.80 Å². The Labute approximate surface area is 345 Å². The molecule has 4 N–H and O–H groups in total. The maximum absolute atomic E-state index is 12.5. The number of rotatable bonds is 19. The second-order valence-corrected chi connectivity index (χ2v) is 20.5. The van der Waals surface area contributed by atoms with E-state index < -0.39 is 0 Å². The van der Waals surface area contributed by atoms with Crippen LogP contribution in [0.25, 0.3) is 0 Å². The molecule has 4 aliphatic heterocycles. The summed E-state index contributed by atoms with van der Waals surface area (Å²) in [5.41, 5.74) is 6.34. The number of urea groups is 2. The Morgan fingerprint density at radius 3 is 1.21 bits per heavy atom. The zero-order chi connectivity index (χ0) is 38.1. The minimum absolute atomic E-state index is 0.0123. The monoisotopic (exact) mass is 800 g/mol. The van der Waals surface area contributed by atoms with Gasteiger partial charge < -0.3 is 21.3 Å². The summed E-state index contributed by atoms with van der Waals surface area (Å²) in [6, 6.07) is 21.5. The summed E-state index contributed by atoms with van der Waals surface area (Å²) < 4.78 is 0. The number of nitrogens with one attached hydrogen (secondary N) is 4. The highest BCUT2D eigenvalue weighted by Gasteiger charge is 2.44. The van der Waals surface area contributed by atoms with Crippen LogP contribution in [0.15, 0.2) is 48.5 Å². The third kappa shape index (κ3) is 10.1. The van der Waals surface area contributed by atoms with E-state index in [0.717, 1.165) is 87.8 Å². The van der Waals surface area contributed by atoms with E-state index in [1.807, 2.05) is 21.6 Å². The summed E-state index contributed by atoms with van der Waals surface area (Å²) in [5, 5.41) is 12.7. The van der Waals surface area contributed by atoms with E-state index in [1.165, 1.54) is 77.3 Å². The molecule has 2 aliphatic carbocycles. The van der Waals surface area contributed by atoms with Crippen molar-refractivity contribution in [2.75, 3.05) is 37.7 Å². The van der Waals surface area contributed by atoms with Crippen LogP contribution in [-0.2, 0) is 0 Å². The third-order valence-electron chi connectivity index (χ3n) is 14.4. The molecule has 4 bridgehead atoms. The highest BCUT2D eigenvalue weighted by molar-refractivity contribution is 8.76. The summed E-state index contributed by atoms with van der Waals surface area (Å²) >= 11 is 0. The SMILES string of the molecule is O=C(NCCCCSSCCCCNC(=O)NC1CCC(CCN2[C@@H]3CC[C@H]2c2ccccc23)CC1)NC1CCC(CCN2[C@@H]3CC[C@H]2c2ccccc23)CC1. The van der Waals surface area contributed by atoms with Crippen LogP contribution in [0.2, 0.25) is 0 Å². The molecule has 306 valence electrons. The van der Waals surface area contributed by atoms with Crippen LogP contribution in [0.4, 0.5) is 9.59 Å². The second-order valence-electron chi connectivity index (χ2n) is 17.8. The number of fused-ring (bicyclic) bond motifs is 10. The number of nitrogens with zero attached hydrogens (tertiary/aromatic N) is 2. The predicted molar refractivity (Wildman–Crippen MR) is 233 cm³/mol. The second kappa shape index (κ2) is 20.0. The third-order valence-corrected chi connectivity index (χ3v) is 17.0. The average molecular weight is 801 g/mol. The van der Waals surface area contributed by atoms with Gasteiger partial charge in [0.15, 0.2) is 0 Å². The van der Waals surface area contributed by atoms with Crippen molar-refractivity contribution in [3.63, 3.8) is 0 Å². The van der Waals surface area contributed by atoms with Crippen LogP contribution in [0.3, 0.4) is 0 Å². The summed E-state index contributed by atoms with van der Waals surface area (Å²) in [6.07, 6.45) is 21.5. The Hall–Kier alpha value is -2.40. The first kappa shape index (κ1) is 40.4. The smallest absolute Gasteiger partial charge is 0.315 e. The Kier molecular flexibility index (Phi) is 14.5. The first-order chi connectivity index (χ1) is 27.6. The molecule has 8 rings (SSSR count). The zero-order valence-electron chi connectivity index (χ0n) is 33.7. The molecule has 8 nitrogen and oxygen atoms in total. The van der Waals surface area contributed by atoms with Crippen LogP contribution in [0.5, 0.6) is 0 Å². The van der Waals surface area contributed by atoms with Crippen LogP contribution < -0.4 is 21.3 Å². The number of carbonyl (C=O) groups excluding carboxylic acids is 2. The molecule has 56 heavy (non-hydrogen) atoms. The molecule has 4 amide bonds. The van der Waals surface area contributed by atoms with E-state index in [1.54, 1.807) is 22.3 Å². The van der Waals surface area contributed by atoms with Crippen molar-refractivity contribution in [3.05, 3.63) is 70.8 Å². The molecule has 6 aliphatic rings. The van der Waals surface area contributed by atoms with E-state index in [2.05, 4.69) is 79.6 Å². The fourth-order valence-electron chi connectivity index (χ4n) is 11.3. The molecule has 2 saturated carbocycles. The molecule has 4 atom stereocenters. The van der Waals surface area contributed by atoms with Crippen molar-refractivity contribution in [1.29, 1.82) is 0 Å². The lowest BCUT2D eigenvalue weighted by Crippen LogP contribution is -2.44. The Bertz CT molecular complexity index is 1400. The van der Waals surface area contributed by atoms with E-state index in [0.29, 0.717) is 36.3 Å². The van der Waals surface area contributed by atoms with Gasteiger partial charge in [0.25, 0.3) is 0 Å². The van der Waals surface area contributed by atoms with Crippen molar-refractivity contribution in [3.8, 4) is 0 Å². The van der Waals surface area contributed by atoms with Gasteiger partial charge in [-0.2, -0.15) is 0 Å². The number of unbranched alkanes of at least 4 members (excludes halogenated alkanes) is 2. The van der Waals surface area contributed by atoms with E-state index in [4.69, 9.17) is 0 Å². The van der Waals surface area contributed by atoms with Gasteiger partial charge in [0.2, 0.25) is 0 Å². The van der Waals surface area contributed by atoms with Crippen LogP contribution >= 0.6 is 21.6 Å². The maximum Gasteiger partial charge on any atom is 0.315 e. The predicted octanol–water partition coefficient (Wildman–Crippen LogP) is 10.2. The fourth-order valence-corrected chi connectivity index (χ4v) is 13.6. The van der Waals surface area contributed by atoms with Gasteiger partial charge in [-0.25, -0.2) is 9.59 Å². The van der Waals surface area contributed by atoms with Gasteiger partial charge in [-0.1, -0.05) is 70.1 Å².